The van der Waals surface area contributed by atoms with Gasteiger partial charge < -0.3 is 0 Å². The summed E-state index contributed by atoms with van der Waals surface area (Å²) in [5.41, 5.74) is 7.95. The highest BCUT2D eigenvalue weighted by Gasteiger charge is 2.19. The first-order valence-corrected chi connectivity index (χ1v) is 8.80. The van der Waals surface area contributed by atoms with Crippen molar-refractivity contribution in [3.63, 3.8) is 0 Å². The van der Waals surface area contributed by atoms with Gasteiger partial charge in [-0.15, -0.1) is 10.2 Å². The third kappa shape index (κ3) is 3.41. The number of hydrogen-bond donors (Lipinski definition) is 2. The first kappa shape index (κ1) is 17.2. The van der Waals surface area contributed by atoms with E-state index < -0.39 is 10.1 Å². The van der Waals surface area contributed by atoms with Crippen molar-refractivity contribution in [2.45, 2.75) is 4.90 Å². The zero-order valence-electron chi connectivity index (χ0n) is 12.6. The number of fused-ring (bicyclic) bond motifs is 1. The lowest BCUT2D eigenvalue weighted by Gasteiger charge is -2.08. The van der Waals surface area contributed by atoms with Gasteiger partial charge in [-0.1, -0.05) is 48.0 Å². The Labute approximate surface area is 148 Å². The summed E-state index contributed by atoms with van der Waals surface area (Å²) >= 11 is 6.01. The first-order valence-electron chi connectivity index (χ1n) is 6.99. The van der Waals surface area contributed by atoms with Gasteiger partial charge in [-0.2, -0.15) is 13.5 Å². The Bertz CT molecular complexity index is 1110. The summed E-state index contributed by atoms with van der Waals surface area (Å²) in [6.45, 7) is 0. The Kier molecular flexibility index (Phi) is 4.58. The smallest absolute Gasteiger partial charge is 0.282 e. The summed E-state index contributed by atoms with van der Waals surface area (Å²) in [6.07, 6.45) is 0. The largest absolute Gasteiger partial charge is 0.295 e. The average molecular weight is 375 g/mol. The molecule has 0 bridgehead atoms. The van der Waals surface area contributed by atoms with Crippen molar-refractivity contribution < 1.29 is 13.0 Å². The molecule has 9 heteroatoms. The molecule has 0 spiro atoms. The van der Waals surface area contributed by atoms with E-state index in [-0.39, 0.29) is 21.7 Å². The highest BCUT2D eigenvalue weighted by Crippen LogP contribution is 2.40. The molecule has 0 fully saturated rings. The molecule has 0 amide bonds. The van der Waals surface area contributed by atoms with Crippen molar-refractivity contribution in [3.8, 4) is 0 Å². The highest BCUT2D eigenvalue weighted by molar-refractivity contribution is 7.86. The third-order valence-electron chi connectivity index (χ3n) is 3.47. The molecule has 3 rings (SSSR count). The zero-order valence-corrected chi connectivity index (χ0v) is 14.2. The number of rotatable bonds is 4. The summed E-state index contributed by atoms with van der Waals surface area (Å²) in [5, 5.41) is 12.4. The Morgan fingerprint density at radius 1 is 0.920 bits per heavy atom. The molecule has 0 aliphatic rings. The van der Waals surface area contributed by atoms with Crippen LogP contribution >= 0.6 is 11.6 Å². The van der Waals surface area contributed by atoms with Gasteiger partial charge >= 0.3 is 0 Å². The first-order chi connectivity index (χ1) is 11.9. The van der Waals surface area contributed by atoms with Crippen LogP contribution in [0.2, 0.25) is 5.02 Å². The van der Waals surface area contributed by atoms with Crippen LogP contribution in [0.5, 0.6) is 0 Å². The molecule has 0 radical (unpaired) electrons. The number of benzene rings is 3. The Morgan fingerprint density at radius 2 is 1.52 bits per heavy atom. The van der Waals surface area contributed by atoms with Crippen molar-refractivity contribution >= 4 is 49.6 Å². The van der Waals surface area contributed by atoms with Gasteiger partial charge in [0.25, 0.3) is 10.1 Å². The van der Waals surface area contributed by atoms with Crippen LogP contribution in [-0.4, -0.2) is 13.0 Å². The predicted octanol–water partition coefficient (Wildman–Crippen LogP) is 5.82. The van der Waals surface area contributed by atoms with Crippen molar-refractivity contribution in [1.82, 2.24) is 0 Å². The van der Waals surface area contributed by atoms with Crippen LogP contribution in [-0.2, 0) is 10.1 Å². The van der Waals surface area contributed by atoms with Crippen molar-refractivity contribution in [2.75, 3.05) is 0 Å². The average Bonchev–Trinajstić information content (AvgIpc) is 2.59. The van der Waals surface area contributed by atoms with Crippen molar-refractivity contribution in [3.05, 3.63) is 59.6 Å². The molecular formula is C16H11ClN4O3S. The van der Waals surface area contributed by atoms with E-state index in [0.29, 0.717) is 16.1 Å². The van der Waals surface area contributed by atoms with Gasteiger partial charge in [-0.05, 0) is 18.2 Å². The van der Waals surface area contributed by atoms with Crippen LogP contribution < -0.4 is 0 Å². The normalized spacial score (nSPS) is 11.9. The third-order valence-corrected chi connectivity index (χ3v) is 4.68. The molecule has 0 aliphatic carbocycles. The van der Waals surface area contributed by atoms with Gasteiger partial charge in [0.2, 0.25) is 0 Å². The van der Waals surface area contributed by atoms with E-state index in [1.807, 2.05) is 0 Å². The Morgan fingerprint density at radius 3 is 2.16 bits per heavy atom. The molecule has 0 heterocycles. The minimum absolute atomic E-state index is 0.0289. The fraction of sp³-hybridized carbons (Fsp3) is 0. The summed E-state index contributed by atoms with van der Waals surface area (Å²) in [6, 6.07) is 14.2. The van der Waals surface area contributed by atoms with Gasteiger partial charge in [0.15, 0.2) is 0 Å². The lowest BCUT2D eigenvalue weighted by Crippen LogP contribution is -1.99. The molecule has 0 aliphatic heterocycles. The molecule has 0 aromatic heterocycles. The molecule has 3 aromatic carbocycles. The monoisotopic (exact) mass is 374 g/mol. The summed E-state index contributed by atoms with van der Waals surface area (Å²) in [7, 11) is -4.50. The molecule has 0 saturated carbocycles. The summed E-state index contributed by atoms with van der Waals surface area (Å²) < 4.78 is 32.9. The standard InChI is InChI=1S/C16H11ClN4O3S/c17-12-7-3-4-8-13(12)20-21-14-9-15(25(22,23)24)10-5-1-2-6-11(10)16(14)19-18/h1-9,18H,(H,22,23,24)/b19-18?,21-20+. The second-order valence-corrected chi connectivity index (χ2v) is 6.82. The topological polar surface area (TPSA) is 115 Å². The van der Waals surface area contributed by atoms with Gasteiger partial charge in [0.1, 0.15) is 22.0 Å². The maximum Gasteiger partial charge on any atom is 0.295 e. The van der Waals surface area contributed by atoms with Gasteiger partial charge in [0.05, 0.1) is 5.02 Å². The molecule has 3 aromatic rings. The van der Waals surface area contributed by atoms with Crippen molar-refractivity contribution in [1.29, 1.82) is 5.53 Å². The van der Waals surface area contributed by atoms with Gasteiger partial charge in [-0.3, -0.25) is 4.55 Å². The summed E-state index contributed by atoms with van der Waals surface area (Å²) in [5.74, 6) is 0. The summed E-state index contributed by atoms with van der Waals surface area (Å²) in [4.78, 5) is -0.330. The van der Waals surface area contributed by atoms with Crippen molar-refractivity contribution in [2.24, 2.45) is 15.3 Å². The molecule has 2 N–H and O–H groups in total. The van der Waals surface area contributed by atoms with E-state index in [1.54, 1.807) is 42.5 Å². The number of nitrogens with zero attached hydrogens (tertiary/aromatic N) is 3. The highest BCUT2D eigenvalue weighted by atomic mass is 35.5. The van der Waals surface area contributed by atoms with Gasteiger partial charge in [0, 0.05) is 10.8 Å². The second-order valence-electron chi connectivity index (χ2n) is 5.03. The molecule has 25 heavy (non-hydrogen) atoms. The lowest BCUT2D eigenvalue weighted by atomic mass is 10.1. The van der Waals surface area contributed by atoms with Crippen LogP contribution in [0.4, 0.5) is 17.1 Å². The number of nitrogens with one attached hydrogen (secondary N) is 1. The lowest BCUT2D eigenvalue weighted by molar-refractivity contribution is 0.484. The van der Waals surface area contributed by atoms with Crippen LogP contribution in [0.1, 0.15) is 0 Å². The fourth-order valence-corrected chi connectivity index (χ4v) is 3.25. The van der Waals surface area contributed by atoms with Gasteiger partial charge in [-0.25, -0.2) is 5.53 Å². The SMILES string of the molecule is N=Nc1c(/N=N/c2ccccc2Cl)cc(S(=O)(=O)O)c2ccccc12. The minimum Gasteiger partial charge on any atom is -0.282 e. The molecule has 0 unspecified atom stereocenters. The van der Waals surface area contributed by atoms with E-state index in [2.05, 4.69) is 15.3 Å². The Balaban J connectivity index is 2.28. The van der Waals surface area contributed by atoms with Crippen LogP contribution in [0.3, 0.4) is 0 Å². The van der Waals surface area contributed by atoms with Crippen LogP contribution in [0.25, 0.3) is 10.8 Å². The maximum absolute atomic E-state index is 11.7. The quantitative estimate of drug-likeness (QED) is 0.442. The predicted molar refractivity (Wildman–Crippen MR) is 94.2 cm³/mol. The minimum atomic E-state index is -4.50. The Hall–Kier alpha value is -2.68. The maximum atomic E-state index is 11.7. The van der Waals surface area contributed by atoms with Crippen LogP contribution in [0.15, 0.2) is 74.8 Å². The number of azo groups is 1. The molecule has 0 atom stereocenters. The number of halogens is 1. The molecular weight excluding hydrogens is 364 g/mol. The second kappa shape index (κ2) is 6.67. The van der Waals surface area contributed by atoms with E-state index in [4.69, 9.17) is 17.1 Å². The van der Waals surface area contributed by atoms with E-state index in [9.17, 15) is 13.0 Å². The molecule has 7 nitrogen and oxygen atoms in total. The van der Waals surface area contributed by atoms with E-state index in [0.717, 1.165) is 6.07 Å². The van der Waals surface area contributed by atoms with E-state index in [1.165, 1.54) is 6.07 Å². The fourth-order valence-electron chi connectivity index (χ4n) is 2.36. The van der Waals surface area contributed by atoms with E-state index >= 15 is 0 Å². The molecule has 0 saturated heterocycles. The van der Waals surface area contributed by atoms with Crippen LogP contribution in [0, 0.1) is 5.53 Å². The zero-order chi connectivity index (χ0) is 18.0. The molecule has 126 valence electrons. The number of hydrogen-bond acceptors (Lipinski definition) is 6.